The quantitative estimate of drug-likeness (QED) is 0.361. The van der Waals surface area contributed by atoms with Crippen LogP contribution in [0.25, 0.3) is 0 Å². The first-order chi connectivity index (χ1) is 16.7. The number of methoxy groups -OCH3 is 1. The Morgan fingerprint density at radius 2 is 1.91 bits per heavy atom. The number of anilines is 1. The molecule has 2 aromatic carbocycles. The molecule has 1 aliphatic heterocycles. The molecule has 1 aliphatic carbocycles. The Hall–Kier alpha value is -3.32. The standard InChI is InChI=1S/C28H29N3O3S/c1-16-7-5-8-17(11-16)15-35-27-30-25-24(26(33)31-27)22(18-9-6-10-19(12-18)34-4)23-20(29-25)13-28(2,3)14-21(23)32/h5-12,22H,13-15H2,1-4H3,(H2,29,30,31,33)/t22-/m0/s1. The summed E-state index contributed by atoms with van der Waals surface area (Å²) in [5.74, 6) is 1.48. The van der Waals surface area contributed by atoms with E-state index in [1.54, 1.807) is 7.11 Å². The Morgan fingerprint density at radius 1 is 1.11 bits per heavy atom. The van der Waals surface area contributed by atoms with Gasteiger partial charge < -0.3 is 15.0 Å². The minimum atomic E-state index is -0.493. The van der Waals surface area contributed by atoms with Crippen molar-refractivity contribution in [1.29, 1.82) is 0 Å². The number of carbonyl (C=O) groups excluding carboxylic acids is 1. The monoisotopic (exact) mass is 487 g/mol. The van der Waals surface area contributed by atoms with Gasteiger partial charge in [0.25, 0.3) is 5.56 Å². The second kappa shape index (κ2) is 9.04. The normalized spacial score (nSPS) is 18.5. The molecule has 0 saturated heterocycles. The molecule has 5 rings (SSSR count). The molecule has 2 aliphatic rings. The number of nitrogens with zero attached hydrogens (tertiary/aromatic N) is 1. The third-order valence-electron chi connectivity index (χ3n) is 6.59. The van der Waals surface area contributed by atoms with Gasteiger partial charge in [-0.25, -0.2) is 4.98 Å². The van der Waals surface area contributed by atoms with Gasteiger partial charge in [0, 0.05) is 29.4 Å². The molecule has 6 nitrogen and oxygen atoms in total. The number of ketones is 1. The van der Waals surface area contributed by atoms with Gasteiger partial charge in [0.2, 0.25) is 0 Å². The Balaban J connectivity index is 1.59. The van der Waals surface area contributed by atoms with Crippen LogP contribution in [0.3, 0.4) is 0 Å². The van der Waals surface area contributed by atoms with Crippen LogP contribution in [0.2, 0.25) is 0 Å². The maximum absolute atomic E-state index is 13.5. The van der Waals surface area contributed by atoms with E-state index in [-0.39, 0.29) is 16.8 Å². The Bertz CT molecular complexity index is 1410. The third-order valence-corrected chi connectivity index (χ3v) is 7.53. The van der Waals surface area contributed by atoms with Crippen molar-refractivity contribution >= 4 is 23.4 Å². The zero-order valence-electron chi connectivity index (χ0n) is 20.4. The number of H-pyrrole nitrogens is 1. The highest BCUT2D eigenvalue weighted by molar-refractivity contribution is 7.98. The first kappa shape index (κ1) is 23.4. The zero-order chi connectivity index (χ0) is 24.7. The summed E-state index contributed by atoms with van der Waals surface area (Å²) in [6.07, 6.45) is 1.16. The molecule has 2 heterocycles. The number of carbonyl (C=O) groups is 1. The van der Waals surface area contributed by atoms with Gasteiger partial charge in [-0.15, -0.1) is 0 Å². The summed E-state index contributed by atoms with van der Waals surface area (Å²) in [5.41, 5.74) is 4.82. The van der Waals surface area contributed by atoms with Gasteiger partial charge in [-0.3, -0.25) is 9.59 Å². The van der Waals surface area contributed by atoms with Crippen molar-refractivity contribution in [3.05, 3.63) is 92.4 Å². The number of aryl methyl sites for hydroxylation is 1. The van der Waals surface area contributed by atoms with E-state index in [1.165, 1.54) is 22.9 Å². The van der Waals surface area contributed by atoms with Gasteiger partial charge in [0.15, 0.2) is 10.9 Å². The van der Waals surface area contributed by atoms with E-state index in [2.05, 4.69) is 49.3 Å². The highest BCUT2D eigenvalue weighted by Crippen LogP contribution is 2.48. The lowest BCUT2D eigenvalue weighted by Crippen LogP contribution is -2.37. The first-order valence-electron chi connectivity index (χ1n) is 11.7. The number of Topliss-reactive ketones (excluding diaryl/α,β-unsaturated/α-hetero) is 1. The number of nitrogens with one attached hydrogen (secondary N) is 2. The van der Waals surface area contributed by atoms with Gasteiger partial charge in [-0.1, -0.05) is 67.6 Å². The Morgan fingerprint density at radius 3 is 2.69 bits per heavy atom. The highest BCUT2D eigenvalue weighted by Gasteiger charge is 2.42. The van der Waals surface area contributed by atoms with Crippen LogP contribution in [-0.2, 0) is 10.5 Å². The number of hydrogen-bond donors (Lipinski definition) is 2. The topological polar surface area (TPSA) is 84.1 Å². The van der Waals surface area contributed by atoms with Crippen LogP contribution in [0.15, 0.2) is 69.8 Å². The molecule has 7 heteroatoms. The fourth-order valence-electron chi connectivity index (χ4n) is 5.07. The second-order valence-electron chi connectivity index (χ2n) is 10.1. The fraction of sp³-hybridized carbons (Fsp3) is 0.321. The number of benzene rings is 2. The molecule has 0 bridgehead atoms. The molecule has 0 radical (unpaired) electrons. The number of aromatic amines is 1. The largest absolute Gasteiger partial charge is 0.497 e. The van der Waals surface area contributed by atoms with Crippen molar-refractivity contribution in [3.63, 3.8) is 0 Å². The number of allylic oxidation sites excluding steroid dienone is 2. The van der Waals surface area contributed by atoms with E-state index in [0.29, 0.717) is 46.5 Å². The summed E-state index contributed by atoms with van der Waals surface area (Å²) in [4.78, 5) is 34.7. The van der Waals surface area contributed by atoms with Crippen molar-refractivity contribution in [1.82, 2.24) is 9.97 Å². The summed E-state index contributed by atoms with van der Waals surface area (Å²) in [7, 11) is 1.61. The highest BCUT2D eigenvalue weighted by atomic mass is 32.2. The average Bonchev–Trinajstić information content (AvgIpc) is 2.80. The number of aromatic nitrogens is 2. The summed E-state index contributed by atoms with van der Waals surface area (Å²) >= 11 is 1.49. The third kappa shape index (κ3) is 4.65. The number of rotatable bonds is 5. The molecule has 0 fully saturated rings. The summed E-state index contributed by atoms with van der Waals surface area (Å²) in [5, 5.41) is 3.94. The van der Waals surface area contributed by atoms with Gasteiger partial charge >= 0.3 is 0 Å². The summed E-state index contributed by atoms with van der Waals surface area (Å²) < 4.78 is 5.44. The van der Waals surface area contributed by atoms with Crippen LogP contribution >= 0.6 is 11.8 Å². The van der Waals surface area contributed by atoms with E-state index in [9.17, 15) is 9.59 Å². The van der Waals surface area contributed by atoms with Crippen LogP contribution in [0.4, 0.5) is 5.82 Å². The number of thioether (sulfide) groups is 1. The van der Waals surface area contributed by atoms with Crippen LogP contribution in [-0.4, -0.2) is 22.9 Å². The molecule has 0 unspecified atom stereocenters. The Kier molecular flexibility index (Phi) is 6.05. The van der Waals surface area contributed by atoms with Gasteiger partial charge in [-0.05, 0) is 42.0 Å². The van der Waals surface area contributed by atoms with Gasteiger partial charge in [-0.2, -0.15) is 0 Å². The molecule has 2 N–H and O–H groups in total. The number of ether oxygens (including phenoxy) is 1. The molecular formula is C28H29N3O3S. The van der Waals surface area contributed by atoms with Crippen LogP contribution in [0.1, 0.15) is 54.9 Å². The van der Waals surface area contributed by atoms with Crippen molar-refractivity contribution in [2.45, 2.75) is 50.4 Å². The lowest BCUT2D eigenvalue weighted by Gasteiger charge is -2.38. The maximum Gasteiger partial charge on any atom is 0.257 e. The van der Waals surface area contributed by atoms with Crippen molar-refractivity contribution < 1.29 is 9.53 Å². The number of hydrogen-bond acceptors (Lipinski definition) is 6. The van der Waals surface area contributed by atoms with Crippen LogP contribution in [0.5, 0.6) is 5.75 Å². The molecule has 0 amide bonds. The minimum absolute atomic E-state index is 0.0690. The average molecular weight is 488 g/mol. The predicted octanol–water partition coefficient (Wildman–Crippen LogP) is 5.58. The van der Waals surface area contributed by atoms with Crippen LogP contribution < -0.4 is 15.6 Å². The van der Waals surface area contributed by atoms with Crippen molar-refractivity contribution in [2.75, 3.05) is 12.4 Å². The number of fused-ring (bicyclic) bond motifs is 1. The summed E-state index contributed by atoms with van der Waals surface area (Å²) in [6.45, 7) is 6.26. The smallest absolute Gasteiger partial charge is 0.257 e. The zero-order valence-corrected chi connectivity index (χ0v) is 21.2. The van der Waals surface area contributed by atoms with Gasteiger partial charge in [0.05, 0.1) is 12.7 Å². The predicted molar refractivity (Wildman–Crippen MR) is 139 cm³/mol. The molecule has 180 valence electrons. The van der Waals surface area contributed by atoms with Gasteiger partial charge in [0.1, 0.15) is 11.6 Å². The SMILES string of the molecule is COc1cccc([C@H]2C3=C(CC(C)(C)CC3=O)Nc3nc(SCc4cccc(C)c4)[nH]c(=O)c32)c1. The minimum Gasteiger partial charge on any atom is -0.497 e. The van der Waals surface area contributed by atoms with Crippen LogP contribution in [0, 0.1) is 12.3 Å². The van der Waals surface area contributed by atoms with Crippen molar-refractivity contribution in [2.24, 2.45) is 5.41 Å². The maximum atomic E-state index is 13.5. The lowest BCUT2D eigenvalue weighted by atomic mass is 9.69. The Labute approximate surface area is 209 Å². The second-order valence-corrected chi connectivity index (χ2v) is 11.0. The fourth-order valence-corrected chi connectivity index (χ4v) is 5.87. The summed E-state index contributed by atoms with van der Waals surface area (Å²) in [6, 6.07) is 15.9. The molecule has 0 saturated carbocycles. The first-order valence-corrected chi connectivity index (χ1v) is 12.7. The van der Waals surface area contributed by atoms with Crippen molar-refractivity contribution in [3.8, 4) is 5.75 Å². The van der Waals surface area contributed by atoms with E-state index in [0.717, 1.165) is 11.3 Å². The van der Waals surface area contributed by atoms with E-state index >= 15 is 0 Å². The molecule has 1 atom stereocenters. The molecule has 3 aromatic rings. The molecule has 1 aromatic heterocycles. The van der Waals surface area contributed by atoms with E-state index in [4.69, 9.17) is 9.72 Å². The molecule has 0 spiro atoms. The van der Waals surface area contributed by atoms with E-state index in [1.807, 2.05) is 30.3 Å². The molecule has 35 heavy (non-hydrogen) atoms. The van der Waals surface area contributed by atoms with E-state index < -0.39 is 5.92 Å². The lowest BCUT2D eigenvalue weighted by molar-refractivity contribution is -0.118. The molecular weight excluding hydrogens is 458 g/mol.